The Morgan fingerprint density at radius 1 is 1.70 bits per heavy atom. The highest BCUT2D eigenvalue weighted by Gasteiger charge is 1.90. The van der Waals surface area contributed by atoms with Crippen LogP contribution in [0.2, 0.25) is 0 Å². The molecule has 0 unspecified atom stereocenters. The van der Waals surface area contributed by atoms with Crippen LogP contribution in [0, 0.1) is 5.41 Å². The number of rotatable bonds is 3. The van der Waals surface area contributed by atoms with E-state index >= 15 is 0 Å². The van der Waals surface area contributed by atoms with Gasteiger partial charge in [0, 0.05) is 6.21 Å². The molecular weight excluding hydrogens is 126 g/mol. The van der Waals surface area contributed by atoms with Crippen molar-refractivity contribution in [3.63, 3.8) is 0 Å². The third kappa shape index (κ3) is 2.26. The van der Waals surface area contributed by atoms with Crippen LogP contribution in [0.25, 0.3) is 0 Å². The van der Waals surface area contributed by atoms with Gasteiger partial charge in [-0.05, 0) is 19.7 Å². The molecule has 0 aliphatic rings. The SMILES string of the molecule is C=NC(C=N)=C(N)/C=C\C. The fraction of sp³-hybridized carbons (Fsp3) is 0.143. The first-order chi connectivity index (χ1) is 4.76. The van der Waals surface area contributed by atoms with Crippen molar-refractivity contribution in [3.05, 3.63) is 23.5 Å². The zero-order valence-corrected chi connectivity index (χ0v) is 5.96. The van der Waals surface area contributed by atoms with Crippen LogP contribution in [0.3, 0.4) is 0 Å². The second kappa shape index (κ2) is 4.49. The Bertz CT molecular complexity index is 179. The number of nitrogens with two attached hydrogens (primary N) is 1. The second-order valence-electron chi connectivity index (χ2n) is 1.64. The molecule has 0 spiro atoms. The largest absolute Gasteiger partial charge is 0.397 e. The molecule has 0 heterocycles. The molecule has 0 fully saturated rings. The van der Waals surface area contributed by atoms with E-state index in [0.717, 1.165) is 6.21 Å². The van der Waals surface area contributed by atoms with Gasteiger partial charge in [0.15, 0.2) is 0 Å². The zero-order chi connectivity index (χ0) is 7.98. The molecule has 0 bridgehead atoms. The topological polar surface area (TPSA) is 62.2 Å². The van der Waals surface area contributed by atoms with Gasteiger partial charge in [-0.25, -0.2) is 0 Å². The molecule has 0 saturated carbocycles. The second-order valence-corrected chi connectivity index (χ2v) is 1.64. The standard InChI is InChI=1S/C7H11N3/c1-3-4-6(9)7(5-8)10-2/h3-5,8H,2,9H2,1H3/b4-3-,7-6?,8-5?. The fourth-order valence-electron chi connectivity index (χ4n) is 0.485. The summed E-state index contributed by atoms with van der Waals surface area (Å²) in [5.41, 5.74) is 6.32. The van der Waals surface area contributed by atoms with E-state index in [9.17, 15) is 0 Å². The summed E-state index contributed by atoms with van der Waals surface area (Å²) in [4.78, 5) is 3.54. The lowest BCUT2D eigenvalue weighted by Crippen LogP contribution is -1.98. The molecule has 3 nitrogen and oxygen atoms in total. The van der Waals surface area contributed by atoms with Crippen LogP contribution < -0.4 is 5.73 Å². The highest BCUT2D eigenvalue weighted by atomic mass is 14.8. The minimum Gasteiger partial charge on any atom is -0.397 e. The van der Waals surface area contributed by atoms with Crippen LogP contribution in [-0.4, -0.2) is 12.9 Å². The molecule has 3 N–H and O–H groups in total. The van der Waals surface area contributed by atoms with Crippen molar-refractivity contribution in [2.24, 2.45) is 10.7 Å². The highest BCUT2D eigenvalue weighted by molar-refractivity contribution is 5.78. The van der Waals surface area contributed by atoms with Crippen LogP contribution in [0.5, 0.6) is 0 Å². The lowest BCUT2D eigenvalue weighted by Gasteiger charge is -1.93. The lowest BCUT2D eigenvalue weighted by molar-refractivity contribution is 1.31. The molecule has 0 amide bonds. The Kier molecular flexibility index (Phi) is 3.87. The Balaban J connectivity index is 4.58. The van der Waals surface area contributed by atoms with Gasteiger partial charge >= 0.3 is 0 Å². The molecule has 0 rings (SSSR count). The molecule has 0 radical (unpaired) electrons. The average molecular weight is 137 g/mol. The summed E-state index contributed by atoms with van der Waals surface area (Å²) < 4.78 is 0. The van der Waals surface area contributed by atoms with Crippen molar-refractivity contribution in [2.45, 2.75) is 6.92 Å². The predicted octanol–water partition coefficient (Wildman–Crippen LogP) is 1.08. The molecule has 0 aliphatic heterocycles. The Hall–Kier alpha value is -1.38. The summed E-state index contributed by atoms with van der Waals surface area (Å²) in [6.45, 7) is 5.11. The lowest BCUT2D eigenvalue weighted by atomic mass is 10.3. The maximum absolute atomic E-state index is 6.84. The zero-order valence-electron chi connectivity index (χ0n) is 5.96. The van der Waals surface area contributed by atoms with Crippen molar-refractivity contribution in [1.29, 1.82) is 5.41 Å². The Labute approximate surface area is 60.5 Å². The molecule has 0 aromatic heterocycles. The minimum absolute atomic E-state index is 0.401. The van der Waals surface area contributed by atoms with Gasteiger partial charge in [-0.3, -0.25) is 4.99 Å². The monoisotopic (exact) mass is 137 g/mol. The average Bonchev–Trinajstić information content (AvgIpc) is 1.91. The number of hydrogen-bond donors (Lipinski definition) is 2. The molecular formula is C7H11N3. The van der Waals surface area contributed by atoms with Gasteiger partial charge in [0.1, 0.15) is 5.70 Å². The highest BCUT2D eigenvalue weighted by Crippen LogP contribution is 1.97. The summed E-state index contributed by atoms with van der Waals surface area (Å²) in [6.07, 6.45) is 4.53. The van der Waals surface area contributed by atoms with Crippen molar-refractivity contribution < 1.29 is 0 Å². The third-order valence-corrected chi connectivity index (χ3v) is 0.949. The summed E-state index contributed by atoms with van der Waals surface area (Å²) >= 11 is 0. The van der Waals surface area contributed by atoms with E-state index < -0.39 is 0 Å². The molecule has 0 aliphatic carbocycles. The van der Waals surface area contributed by atoms with Crippen LogP contribution in [0.1, 0.15) is 6.92 Å². The van der Waals surface area contributed by atoms with Crippen molar-refractivity contribution in [3.8, 4) is 0 Å². The summed E-state index contributed by atoms with van der Waals surface area (Å²) in [5, 5.41) is 6.84. The van der Waals surface area contributed by atoms with Gasteiger partial charge in [0.25, 0.3) is 0 Å². The Morgan fingerprint density at radius 3 is 2.60 bits per heavy atom. The number of nitrogens with zero attached hydrogens (tertiary/aromatic N) is 1. The smallest absolute Gasteiger partial charge is 0.103 e. The van der Waals surface area contributed by atoms with E-state index in [2.05, 4.69) is 11.7 Å². The molecule has 3 heteroatoms. The first-order valence-electron chi connectivity index (χ1n) is 2.86. The Morgan fingerprint density at radius 2 is 2.30 bits per heavy atom. The normalized spacial score (nSPS) is 12.9. The third-order valence-electron chi connectivity index (χ3n) is 0.949. The summed E-state index contributed by atoms with van der Waals surface area (Å²) in [6, 6.07) is 0. The van der Waals surface area contributed by atoms with Gasteiger partial charge in [0.05, 0.1) is 5.70 Å². The van der Waals surface area contributed by atoms with E-state index in [1.807, 2.05) is 6.92 Å². The number of nitrogens with one attached hydrogen (secondary N) is 1. The van der Waals surface area contributed by atoms with Crippen molar-refractivity contribution >= 4 is 12.9 Å². The van der Waals surface area contributed by atoms with E-state index in [0.29, 0.717) is 11.4 Å². The molecule has 0 aromatic rings. The number of hydrogen-bond acceptors (Lipinski definition) is 3. The summed E-state index contributed by atoms with van der Waals surface area (Å²) in [7, 11) is 0. The molecule has 0 atom stereocenters. The first-order valence-corrected chi connectivity index (χ1v) is 2.86. The minimum atomic E-state index is 0.401. The van der Waals surface area contributed by atoms with Gasteiger partial charge in [0.2, 0.25) is 0 Å². The van der Waals surface area contributed by atoms with Crippen molar-refractivity contribution in [2.75, 3.05) is 0 Å². The maximum atomic E-state index is 6.84. The molecule has 10 heavy (non-hydrogen) atoms. The predicted molar refractivity (Wildman–Crippen MR) is 44.4 cm³/mol. The number of aliphatic imine (C=N–C) groups is 1. The molecule has 54 valence electrons. The van der Waals surface area contributed by atoms with Crippen LogP contribution in [-0.2, 0) is 0 Å². The maximum Gasteiger partial charge on any atom is 0.103 e. The van der Waals surface area contributed by atoms with Gasteiger partial charge in [-0.15, -0.1) is 0 Å². The molecule has 0 saturated heterocycles. The van der Waals surface area contributed by atoms with E-state index in [1.54, 1.807) is 12.2 Å². The van der Waals surface area contributed by atoms with Crippen LogP contribution in [0.4, 0.5) is 0 Å². The van der Waals surface area contributed by atoms with Crippen molar-refractivity contribution in [1.82, 2.24) is 0 Å². The fourth-order valence-corrected chi connectivity index (χ4v) is 0.485. The van der Waals surface area contributed by atoms with E-state index in [1.165, 1.54) is 0 Å². The van der Waals surface area contributed by atoms with Gasteiger partial charge < -0.3 is 11.1 Å². The van der Waals surface area contributed by atoms with E-state index in [-0.39, 0.29) is 0 Å². The van der Waals surface area contributed by atoms with E-state index in [4.69, 9.17) is 11.1 Å². The molecule has 0 aromatic carbocycles. The summed E-state index contributed by atoms with van der Waals surface area (Å²) in [5.74, 6) is 0. The number of allylic oxidation sites excluding steroid dienone is 3. The van der Waals surface area contributed by atoms with Gasteiger partial charge in [-0.2, -0.15) is 0 Å². The quantitative estimate of drug-likeness (QED) is 0.443. The first kappa shape index (κ1) is 8.62. The van der Waals surface area contributed by atoms with Crippen LogP contribution in [0.15, 0.2) is 28.5 Å². The van der Waals surface area contributed by atoms with Crippen LogP contribution >= 0.6 is 0 Å². The van der Waals surface area contributed by atoms with Gasteiger partial charge in [-0.1, -0.05) is 6.08 Å².